The number of halogens is 2. The molecule has 0 amide bonds. The van der Waals surface area contributed by atoms with Crippen molar-refractivity contribution < 1.29 is 4.39 Å². The Kier molecular flexibility index (Phi) is 3.21. The molecule has 0 saturated heterocycles. The molecule has 0 aromatic carbocycles. The molecule has 0 aliphatic rings. The van der Waals surface area contributed by atoms with Gasteiger partial charge in [0.1, 0.15) is 11.6 Å². The molecule has 17 heavy (non-hydrogen) atoms. The van der Waals surface area contributed by atoms with Crippen LogP contribution in [0, 0.1) is 5.82 Å². The number of pyridine rings is 2. The van der Waals surface area contributed by atoms with Crippen LogP contribution in [0.2, 0.25) is 5.02 Å². The number of nitrogen functional groups attached to an aromatic ring is 1. The van der Waals surface area contributed by atoms with E-state index in [1.54, 1.807) is 6.07 Å². The largest absolute Gasteiger partial charge is 0.383 e. The maximum Gasteiger partial charge on any atom is 0.146 e. The smallest absolute Gasteiger partial charge is 0.146 e. The van der Waals surface area contributed by atoms with Crippen LogP contribution in [0.25, 0.3) is 0 Å². The van der Waals surface area contributed by atoms with Crippen LogP contribution in [0.1, 0.15) is 17.3 Å². The highest BCUT2D eigenvalue weighted by atomic mass is 35.5. The Morgan fingerprint density at radius 2 is 2.12 bits per heavy atom. The zero-order valence-corrected chi connectivity index (χ0v) is 9.53. The van der Waals surface area contributed by atoms with Gasteiger partial charge in [0.05, 0.1) is 16.8 Å². The number of rotatable bonds is 2. The maximum absolute atomic E-state index is 13.5. The van der Waals surface area contributed by atoms with Crippen molar-refractivity contribution in [3.05, 3.63) is 52.7 Å². The lowest BCUT2D eigenvalue weighted by Crippen LogP contribution is -2.17. The Balaban J connectivity index is 2.47. The minimum Gasteiger partial charge on any atom is -0.383 e. The van der Waals surface area contributed by atoms with Gasteiger partial charge in [0.25, 0.3) is 0 Å². The second-order valence-electron chi connectivity index (χ2n) is 3.48. The number of hydrogen-bond acceptors (Lipinski definition) is 4. The molecular formula is C11H10ClFN4. The first-order chi connectivity index (χ1) is 8.09. The minimum absolute atomic E-state index is 0.114. The summed E-state index contributed by atoms with van der Waals surface area (Å²) < 4.78 is 13.5. The zero-order chi connectivity index (χ0) is 12.4. The zero-order valence-electron chi connectivity index (χ0n) is 8.77. The average Bonchev–Trinajstić information content (AvgIpc) is 2.32. The maximum atomic E-state index is 13.5. The average molecular weight is 253 g/mol. The fraction of sp³-hybridized carbons (Fsp3) is 0.0909. The second-order valence-corrected chi connectivity index (χ2v) is 3.91. The predicted octanol–water partition coefficient (Wildman–Crippen LogP) is 1.90. The van der Waals surface area contributed by atoms with Gasteiger partial charge in [-0.05, 0) is 18.2 Å². The molecule has 1 atom stereocenters. The van der Waals surface area contributed by atoms with Crippen LogP contribution in [-0.2, 0) is 0 Å². The first-order valence-corrected chi connectivity index (χ1v) is 5.24. The molecule has 0 aliphatic heterocycles. The first kappa shape index (κ1) is 11.8. The van der Waals surface area contributed by atoms with Gasteiger partial charge in [-0.3, -0.25) is 4.98 Å². The molecular weight excluding hydrogens is 243 g/mol. The Bertz CT molecular complexity index is 547. The van der Waals surface area contributed by atoms with Gasteiger partial charge in [0.2, 0.25) is 0 Å². The third-order valence-electron chi connectivity index (χ3n) is 2.33. The lowest BCUT2D eigenvalue weighted by Gasteiger charge is -2.14. The number of anilines is 1. The van der Waals surface area contributed by atoms with E-state index < -0.39 is 11.9 Å². The summed E-state index contributed by atoms with van der Waals surface area (Å²) in [5.41, 5.74) is 12.2. The molecule has 0 fully saturated rings. The highest BCUT2D eigenvalue weighted by Crippen LogP contribution is 2.25. The topological polar surface area (TPSA) is 77.8 Å². The van der Waals surface area contributed by atoms with Crippen LogP contribution in [0.5, 0.6) is 0 Å². The fourth-order valence-corrected chi connectivity index (χ4v) is 1.65. The van der Waals surface area contributed by atoms with Gasteiger partial charge < -0.3 is 11.5 Å². The molecule has 2 heterocycles. The Labute approximate surface area is 102 Å². The first-order valence-electron chi connectivity index (χ1n) is 4.86. The van der Waals surface area contributed by atoms with Crippen molar-refractivity contribution in [1.82, 2.24) is 9.97 Å². The van der Waals surface area contributed by atoms with E-state index in [0.717, 1.165) is 0 Å². The standard InChI is InChI=1S/C11H10ClFN4/c12-6-4-7(11(15)17-5-6)9(14)10-8(13)2-1-3-16-10/h1-5,9H,14H2,(H2,15,17). The van der Waals surface area contributed by atoms with Gasteiger partial charge in [-0.15, -0.1) is 0 Å². The van der Waals surface area contributed by atoms with Crippen LogP contribution >= 0.6 is 11.6 Å². The third kappa shape index (κ3) is 2.35. The molecule has 0 bridgehead atoms. The van der Waals surface area contributed by atoms with Crippen LogP contribution in [0.15, 0.2) is 30.6 Å². The Hall–Kier alpha value is -1.72. The van der Waals surface area contributed by atoms with Gasteiger partial charge in [-0.25, -0.2) is 9.37 Å². The van der Waals surface area contributed by atoms with Gasteiger partial charge in [0, 0.05) is 18.0 Å². The highest BCUT2D eigenvalue weighted by molar-refractivity contribution is 6.30. The summed E-state index contributed by atoms with van der Waals surface area (Å²) in [5, 5.41) is 0.390. The minimum atomic E-state index is -0.789. The molecule has 0 saturated carbocycles. The summed E-state index contributed by atoms with van der Waals surface area (Å²) in [7, 11) is 0. The number of aromatic nitrogens is 2. The summed E-state index contributed by atoms with van der Waals surface area (Å²) >= 11 is 5.80. The third-order valence-corrected chi connectivity index (χ3v) is 2.54. The molecule has 4 N–H and O–H groups in total. The lowest BCUT2D eigenvalue weighted by molar-refractivity contribution is 0.586. The van der Waals surface area contributed by atoms with Crippen LogP contribution < -0.4 is 11.5 Å². The molecule has 2 aromatic heterocycles. The molecule has 0 aliphatic carbocycles. The quantitative estimate of drug-likeness (QED) is 0.856. The molecule has 6 heteroatoms. The summed E-state index contributed by atoms with van der Waals surface area (Å²) in [4.78, 5) is 7.77. The van der Waals surface area contributed by atoms with Gasteiger partial charge >= 0.3 is 0 Å². The van der Waals surface area contributed by atoms with E-state index in [4.69, 9.17) is 23.1 Å². The molecule has 1 unspecified atom stereocenters. The van der Waals surface area contributed by atoms with E-state index in [0.29, 0.717) is 10.6 Å². The van der Waals surface area contributed by atoms with Crippen LogP contribution in [0.4, 0.5) is 10.2 Å². The van der Waals surface area contributed by atoms with Crippen LogP contribution in [0.3, 0.4) is 0 Å². The fourth-order valence-electron chi connectivity index (χ4n) is 1.49. The van der Waals surface area contributed by atoms with E-state index in [2.05, 4.69) is 9.97 Å². The van der Waals surface area contributed by atoms with Gasteiger partial charge in [-0.2, -0.15) is 0 Å². The van der Waals surface area contributed by atoms with E-state index in [1.165, 1.54) is 24.5 Å². The number of nitrogens with zero attached hydrogens (tertiary/aromatic N) is 2. The summed E-state index contributed by atoms with van der Waals surface area (Å²) in [6, 6.07) is 3.55. The van der Waals surface area contributed by atoms with Crippen LogP contribution in [-0.4, -0.2) is 9.97 Å². The molecule has 2 aromatic rings. The monoisotopic (exact) mass is 252 g/mol. The number of hydrogen-bond donors (Lipinski definition) is 2. The Morgan fingerprint density at radius 3 is 2.82 bits per heavy atom. The van der Waals surface area contributed by atoms with Gasteiger partial charge in [-0.1, -0.05) is 11.6 Å². The Morgan fingerprint density at radius 1 is 1.35 bits per heavy atom. The van der Waals surface area contributed by atoms with Crippen molar-refractivity contribution >= 4 is 17.4 Å². The molecule has 0 radical (unpaired) electrons. The van der Waals surface area contributed by atoms with Crippen molar-refractivity contribution in [3.8, 4) is 0 Å². The van der Waals surface area contributed by atoms with Crippen molar-refractivity contribution in [1.29, 1.82) is 0 Å². The summed E-state index contributed by atoms with van der Waals surface area (Å²) in [6.07, 6.45) is 2.87. The van der Waals surface area contributed by atoms with Crippen molar-refractivity contribution in [2.45, 2.75) is 6.04 Å². The SMILES string of the molecule is Nc1ncc(Cl)cc1C(N)c1ncccc1F. The van der Waals surface area contributed by atoms with E-state index in [1.807, 2.05) is 0 Å². The van der Waals surface area contributed by atoms with Crippen molar-refractivity contribution in [2.75, 3.05) is 5.73 Å². The van der Waals surface area contributed by atoms with Crippen molar-refractivity contribution in [2.24, 2.45) is 5.73 Å². The van der Waals surface area contributed by atoms with E-state index in [9.17, 15) is 4.39 Å². The predicted molar refractivity (Wildman–Crippen MR) is 63.9 cm³/mol. The molecule has 88 valence electrons. The normalized spacial score (nSPS) is 12.4. The molecule has 4 nitrogen and oxygen atoms in total. The highest BCUT2D eigenvalue weighted by Gasteiger charge is 2.18. The number of nitrogens with two attached hydrogens (primary N) is 2. The molecule has 0 spiro atoms. The summed E-state index contributed by atoms with van der Waals surface area (Å²) in [6.45, 7) is 0. The summed E-state index contributed by atoms with van der Waals surface area (Å²) in [5.74, 6) is -0.272. The van der Waals surface area contributed by atoms with E-state index >= 15 is 0 Å². The molecule has 2 rings (SSSR count). The second kappa shape index (κ2) is 4.65. The lowest BCUT2D eigenvalue weighted by atomic mass is 10.0. The van der Waals surface area contributed by atoms with Gasteiger partial charge in [0.15, 0.2) is 0 Å². The van der Waals surface area contributed by atoms with E-state index in [-0.39, 0.29) is 11.5 Å². The van der Waals surface area contributed by atoms with Crippen molar-refractivity contribution in [3.63, 3.8) is 0 Å².